The molecule has 0 saturated heterocycles. The summed E-state index contributed by atoms with van der Waals surface area (Å²) in [4.78, 5) is 13.0. The zero-order valence-corrected chi connectivity index (χ0v) is 18.1. The maximum Gasteiger partial charge on any atom is 0.244 e. The molecule has 1 atom stereocenters. The maximum absolute atomic E-state index is 13.0. The van der Waals surface area contributed by atoms with Crippen LogP contribution in [0.4, 0.5) is 5.69 Å². The van der Waals surface area contributed by atoms with Gasteiger partial charge in [-0.2, -0.15) is 0 Å². The lowest BCUT2D eigenvalue weighted by Gasteiger charge is -2.32. The molecule has 1 fully saturated rings. The highest BCUT2D eigenvalue weighted by molar-refractivity contribution is 7.92. The van der Waals surface area contributed by atoms with Gasteiger partial charge in [0.15, 0.2) is 0 Å². The van der Waals surface area contributed by atoms with E-state index in [-0.39, 0.29) is 11.9 Å². The average molecular weight is 411 g/mol. The lowest BCUT2D eigenvalue weighted by Crippen LogP contribution is -2.51. The van der Waals surface area contributed by atoms with Gasteiger partial charge in [0.25, 0.3) is 0 Å². The monoisotopic (exact) mass is 410 g/mol. The second-order valence-electron chi connectivity index (χ2n) is 7.46. The molecule has 0 bridgehead atoms. The summed E-state index contributed by atoms with van der Waals surface area (Å²) in [7, 11) is -3.62. The van der Waals surface area contributed by atoms with Gasteiger partial charge in [0.2, 0.25) is 15.9 Å². The Labute approximate surface area is 169 Å². The standard InChI is InChI=1S/C21H34N2O4S/c1-4-20(21(24)22-17-11-9-7-6-8-10-12-17)23(28(3,25)26)18-13-15-19(16-14-18)27-5-2/h13-17,20H,4-12H2,1-3H3,(H,22,24)/t20-/m0/s1. The molecule has 6 nitrogen and oxygen atoms in total. The quantitative estimate of drug-likeness (QED) is 0.706. The maximum atomic E-state index is 13.0. The van der Waals surface area contributed by atoms with Crippen molar-refractivity contribution in [1.29, 1.82) is 0 Å². The molecule has 0 aliphatic heterocycles. The van der Waals surface area contributed by atoms with E-state index in [4.69, 9.17) is 4.74 Å². The SMILES string of the molecule is CCOc1ccc(N([C@@H](CC)C(=O)NC2CCCCCCC2)S(C)(=O)=O)cc1. The molecule has 1 N–H and O–H groups in total. The van der Waals surface area contributed by atoms with Crippen molar-refractivity contribution >= 4 is 21.6 Å². The molecule has 1 aromatic rings. The van der Waals surface area contributed by atoms with Gasteiger partial charge in [-0.25, -0.2) is 8.42 Å². The van der Waals surface area contributed by atoms with Crippen LogP contribution in [-0.2, 0) is 14.8 Å². The van der Waals surface area contributed by atoms with Crippen molar-refractivity contribution < 1.29 is 17.9 Å². The fraction of sp³-hybridized carbons (Fsp3) is 0.667. The number of nitrogens with one attached hydrogen (secondary N) is 1. The minimum Gasteiger partial charge on any atom is -0.494 e. The number of rotatable bonds is 8. The van der Waals surface area contributed by atoms with Gasteiger partial charge in [-0.1, -0.05) is 39.0 Å². The summed E-state index contributed by atoms with van der Waals surface area (Å²) in [5.41, 5.74) is 0.477. The van der Waals surface area contributed by atoms with Gasteiger partial charge in [0, 0.05) is 6.04 Å². The third-order valence-corrected chi connectivity index (χ3v) is 6.36. The van der Waals surface area contributed by atoms with Crippen molar-refractivity contribution in [3.63, 3.8) is 0 Å². The molecular formula is C21H34N2O4S. The Morgan fingerprint density at radius 1 is 1.11 bits per heavy atom. The molecule has 1 aromatic carbocycles. The predicted molar refractivity (Wildman–Crippen MR) is 113 cm³/mol. The Morgan fingerprint density at radius 2 is 1.68 bits per heavy atom. The smallest absolute Gasteiger partial charge is 0.244 e. The minimum absolute atomic E-state index is 0.128. The lowest BCUT2D eigenvalue weighted by molar-refractivity contribution is -0.123. The molecule has 0 unspecified atom stereocenters. The molecule has 0 radical (unpaired) electrons. The van der Waals surface area contributed by atoms with Crippen LogP contribution in [0.3, 0.4) is 0 Å². The zero-order chi connectivity index (χ0) is 20.6. The van der Waals surface area contributed by atoms with E-state index < -0.39 is 16.1 Å². The van der Waals surface area contributed by atoms with Crippen LogP contribution in [0.1, 0.15) is 65.2 Å². The van der Waals surface area contributed by atoms with E-state index in [1.807, 2.05) is 13.8 Å². The Morgan fingerprint density at radius 3 is 2.18 bits per heavy atom. The molecular weight excluding hydrogens is 376 g/mol. The number of benzene rings is 1. The van der Waals surface area contributed by atoms with E-state index in [2.05, 4.69) is 5.32 Å². The normalized spacial score (nSPS) is 17.2. The van der Waals surface area contributed by atoms with E-state index in [1.165, 1.54) is 23.6 Å². The van der Waals surface area contributed by atoms with Gasteiger partial charge in [-0.15, -0.1) is 0 Å². The van der Waals surface area contributed by atoms with Gasteiger partial charge in [-0.3, -0.25) is 9.10 Å². The average Bonchev–Trinajstić information content (AvgIpc) is 2.62. The number of hydrogen-bond donors (Lipinski definition) is 1. The number of hydrogen-bond acceptors (Lipinski definition) is 4. The minimum atomic E-state index is -3.62. The van der Waals surface area contributed by atoms with Crippen molar-refractivity contribution in [2.75, 3.05) is 17.2 Å². The second kappa shape index (κ2) is 10.7. The molecule has 28 heavy (non-hydrogen) atoms. The molecule has 158 valence electrons. The van der Waals surface area contributed by atoms with Crippen LogP contribution in [0, 0.1) is 0 Å². The highest BCUT2D eigenvalue weighted by atomic mass is 32.2. The largest absolute Gasteiger partial charge is 0.494 e. The fourth-order valence-electron chi connectivity index (χ4n) is 3.81. The molecule has 1 amide bonds. The number of nitrogens with zero attached hydrogens (tertiary/aromatic N) is 1. The fourth-order valence-corrected chi connectivity index (χ4v) is 5.03. The molecule has 0 aromatic heterocycles. The van der Waals surface area contributed by atoms with E-state index in [9.17, 15) is 13.2 Å². The topological polar surface area (TPSA) is 75.7 Å². The van der Waals surface area contributed by atoms with Gasteiger partial charge >= 0.3 is 0 Å². The van der Waals surface area contributed by atoms with Gasteiger partial charge in [0.05, 0.1) is 18.6 Å². The molecule has 2 rings (SSSR count). The first-order chi connectivity index (χ1) is 13.4. The predicted octanol–water partition coefficient (Wildman–Crippen LogP) is 3.86. The highest BCUT2D eigenvalue weighted by Crippen LogP contribution is 2.26. The Kier molecular flexibility index (Phi) is 8.60. The molecule has 1 saturated carbocycles. The summed E-state index contributed by atoms with van der Waals surface area (Å²) in [5.74, 6) is 0.458. The number of carbonyl (C=O) groups excluding carboxylic acids is 1. The first-order valence-corrected chi connectivity index (χ1v) is 12.2. The summed E-state index contributed by atoms with van der Waals surface area (Å²) in [6.07, 6.45) is 9.35. The molecule has 7 heteroatoms. The number of carbonyl (C=O) groups is 1. The Hall–Kier alpha value is -1.76. The number of sulfonamides is 1. The van der Waals surface area contributed by atoms with Crippen molar-refractivity contribution in [3.05, 3.63) is 24.3 Å². The van der Waals surface area contributed by atoms with E-state index in [1.54, 1.807) is 24.3 Å². The van der Waals surface area contributed by atoms with Crippen molar-refractivity contribution in [3.8, 4) is 5.75 Å². The summed E-state index contributed by atoms with van der Waals surface area (Å²) in [5, 5.41) is 3.12. The van der Waals surface area contributed by atoms with Crippen LogP contribution >= 0.6 is 0 Å². The summed E-state index contributed by atoms with van der Waals surface area (Å²) in [6, 6.07) is 6.21. The summed E-state index contributed by atoms with van der Waals surface area (Å²) in [6.45, 7) is 4.27. The number of amides is 1. The molecule has 0 spiro atoms. The van der Waals surface area contributed by atoms with Crippen LogP contribution in [0.15, 0.2) is 24.3 Å². The number of ether oxygens (including phenoxy) is 1. The van der Waals surface area contributed by atoms with Crippen molar-refractivity contribution in [2.24, 2.45) is 0 Å². The zero-order valence-electron chi connectivity index (χ0n) is 17.3. The summed E-state index contributed by atoms with van der Waals surface area (Å²) >= 11 is 0. The number of anilines is 1. The third kappa shape index (κ3) is 6.40. The van der Waals surface area contributed by atoms with Crippen molar-refractivity contribution in [1.82, 2.24) is 5.32 Å². The lowest BCUT2D eigenvalue weighted by atomic mass is 9.96. The van der Waals surface area contributed by atoms with Crippen LogP contribution in [-0.4, -0.2) is 39.3 Å². The molecule has 1 aliphatic rings. The highest BCUT2D eigenvalue weighted by Gasteiger charge is 2.32. The Balaban J connectivity index is 2.20. The Bertz CT molecular complexity index is 710. The first kappa shape index (κ1) is 22.5. The van der Waals surface area contributed by atoms with Crippen LogP contribution in [0.25, 0.3) is 0 Å². The molecule has 0 heterocycles. The van der Waals surface area contributed by atoms with Gasteiger partial charge in [-0.05, 0) is 50.5 Å². The second-order valence-corrected chi connectivity index (χ2v) is 9.32. The first-order valence-electron chi connectivity index (χ1n) is 10.4. The van der Waals surface area contributed by atoms with Gasteiger partial charge in [0.1, 0.15) is 11.8 Å². The van der Waals surface area contributed by atoms with Crippen LogP contribution < -0.4 is 14.4 Å². The van der Waals surface area contributed by atoms with Crippen molar-refractivity contribution in [2.45, 2.75) is 77.3 Å². The van der Waals surface area contributed by atoms with Crippen LogP contribution in [0.2, 0.25) is 0 Å². The van der Waals surface area contributed by atoms with E-state index in [0.29, 0.717) is 24.5 Å². The van der Waals surface area contributed by atoms with Gasteiger partial charge < -0.3 is 10.1 Å². The van der Waals surface area contributed by atoms with Crippen LogP contribution in [0.5, 0.6) is 5.75 Å². The molecule has 1 aliphatic carbocycles. The van der Waals surface area contributed by atoms with E-state index in [0.717, 1.165) is 31.9 Å². The summed E-state index contributed by atoms with van der Waals surface area (Å²) < 4.78 is 31.8. The van der Waals surface area contributed by atoms with E-state index >= 15 is 0 Å². The third-order valence-electron chi connectivity index (χ3n) is 5.18.